The molecule has 0 amide bonds. The Hall–Kier alpha value is -2.63. The first-order chi connectivity index (χ1) is 9.70. The molecule has 6 nitrogen and oxygen atoms in total. The normalized spacial score (nSPS) is 10.1. The lowest BCUT2D eigenvalue weighted by Gasteiger charge is -2.08. The largest absolute Gasteiger partial charge is 0.480 e. The van der Waals surface area contributed by atoms with Gasteiger partial charge < -0.3 is 10.1 Å². The van der Waals surface area contributed by atoms with Crippen molar-refractivity contribution in [2.45, 2.75) is 13.5 Å². The van der Waals surface area contributed by atoms with Crippen LogP contribution in [0.2, 0.25) is 0 Å². The number of hydrogen-bond acceptors (Lipinski definition) is 5. The van der Waals surface area contributed by atoms with Gasteiger partial charge in [0.25, 0.3) is 0 Å². The summed E-state index contributed by atoms with van der Waals surface area (Å²) in [5.74, 6) is 0.244. The van der Waals surface area contributed by atoms with Gasteiger partial charge in [0.15, 0.2) is 5.75 Å². The molecule has 0 aliphatic rings. The second kappa shape index (κ2) is 6.51. The van der Waals surface area contributed by atoms with E-state index < -0.39 is 4.92 Å². The third-order valence-electron chi connectivity index (χ3n) is 2.63. The van der Waals surface area contributed by atoms with Crippen molar-refractivity contribution in [2.24, 2.45) is 0 Å². The highest BCUT2D eigenvalue weighted by Crippen LogP contribution is 2.26. The number of ether oxygens (including phenoxy) is 1. The number of rotatable bonds is 6. The molecule has 0 saturated carbocycles. The number of aromatic nitrogens is 1. The Morgan fingerprint density at radius 2 is 2.15 bits per heavy atom. The van der Waals surface area contributed by atoms with Gasteiger partial charge in [0.1, 0.15) is 6.61 Å². The zero-order valence-electron chi connectivity index (χ0n) is 11.1. The summed E-state index contributed by atoms with van der Waals surface area (Å²) in [6.45, 7) is 3.00. The highest BCUT2D eigenvalue weighted by molar-refractivity contribution is 5.46. The molecule has 0 saturated heterocycles. The summed E-state index contributed by atoms with van der Waals surface area (Å²) in [4.78, 5) is 14.6. The molecule has 6 heteroatoms. The van der Waals surface area contributed by atoms with E-state index in [4.69, 9.17) is 4.74 Å². The minimum Gasteiger partial charge on any atom is -0.480 e. The van der Waals surface area contributed by atoms with Crippen molar-refractivity contribution in [1.82, 2.24) is 4.98 Å². The van der Waals surface area contributed by atoms with Crippen molar-refractivity contribution in [3.63, 3.8) is 0 Å². The third-order valence-corrected chi connectivity index (χ3v) is 2.63. The van der Waals surface area contributed by atoms with Crippen LogP contribution in [0.4, 0.5) is 11.4 Å². The van der Waals surface area contributed by atoms with E-state index in [1.54, 1.807) is 24.4 Å². The fourth-order valence-electron chi connectivity index (χ4n) is 1.75. The fraction of sp³-hybridized carbons (Fsp3) is 0.214. The fourth-order valence-corrected chi connectivity index (χ4v) is 1.75. The minimum atomic E-state index is -0.460. The van der Waals surface area contributed by atoms with Gasteiger partial charge in [-0.15, -0.1) is 0 Å². The monoisotopic (exact) mass is 273 g/mol. The van der Waals surface area contributed by atoms with Crippen LogP contribution in [0.25, 0.3) is 0 Å². The molecule has 0 radical (unpaired) electrons. The molecule has 0 spiro atoms. The van der Waals surface area contributed by atoms with E-state index in [2.05, 4.69) is 10.3 Å². The first-order valence-electron chi connectivity index (χ1n) is 6.25. The van der Waals surface area contributed by atoms with E-state index >= 15 is 0 Å². The summed E-state index contributed by atoms with van der Waals surface area (Å²) < 4.78 is 5.49. The zero-order chi connectivity index (χ0) is 14.4. The second-order valence-corrected chi connectivity index (χ2v) is 4.08. The smallest absolute Gasteiger partial charge is 0.310 e. The Labute approximate surface area is 116 Å². The molecule has 20 heavy (non-hydrogen) atoms. The molecule has 104 valence electrons. The standard InChI is InChI=1S/C14H15N3O3/c1-2-15-11-7-8-16-12(9-11)10-20-14-6-4-3-5-13(14)17(18)19/h3-9H,2,10H2,1H3,(H,15,16). The van der Waals surface area contributed by atoms with E-state index in [9.17, 15) is 10.1 Å². The van der Waals surface area contributed by atoms with E-state index in [0.717, 1.165) is 12.2 Å². The van der Waals surface area contributed by atoms with Gasteiger partial charge in [-0.3, -0.25) is 15.1 Å². The van der Waals surface area contributed by atoms with Gasteiger partial charge in [0.05, 0.1) is 10.6 Å². The summed E-state index contributed by atoms with van der Waals surface area (Å²) in [5, 5.41) is 14.0. The van der Waals surface area contributed by atoms with Crippen molar-refractivity contribution in [3.05, 3.63) is 58.4 Å². The molecule has 0 atom stereocenters. The number of benzene rings is 1. The predicted molar refractivity (Wildman–Crippen MR) is 75.8 cm³/mol. The van der Waals surface area contributed by atoms with Crippen LogP contribution >= 0.6 is 0 Å². The lowest BCUT2D eigenvalue weighted by molar-refractivity contribution is -0.385. The average molecular weight is 273 g/mol. The number of nitro groups is 1. The molecule has 0 aliphatic heterocycles. The Morgan fingerprint density at radius 3 is 2.90 bits per heavy atom. The molecule has 2 aromatic rings. The number of nitro benzene ring substituents is 1. The molecular formula is C14H15N3O3. The molecule has 2 rings (SSSR count). The molecule has 1 aromatic heterocycles. The van der Waals surface area contributed by atoms with Crippen molar-refractivity contribution in [3.8, 4) is 5.75 Å². The van der Waals surface area contributed by atoms with Gasteiger partial charge in [-0.25, -0.2) is 0 Å². The van der Waals surface area contributed by atoms with Crippen LogP contribution in [0.15, 0.2) is 42.6 Å². The van der Waals surface area contributed by atoms with Crippen molar-refractivity contribution < 1.29 is 9.66 Å². The van der Waals surface area contributed by atoms with Crippen LogP contribution in [0.5, 0.6) is 5.75 Å². The molecule has 0 unspecified atom stereocenters. The van der Waals surface area contributed by atoms with Crippen LogP contribution in [-0.4, -0.2) is 16.5 Å². The summed E-state index contributed by atoms with van der Waals surface area (Å²) in [6.07, 6.45) is 1.68. The quantitative estimate of drug-likeness (QED) is 0.646. The topological polar surface area (TPSA) is 77.3 Å². The van der Waals surface area contributed by atoms with Crippen LogP contribution < -0.4 is 10.1 Å². The molecule has 1 N–H and O–H groups in total. The summed E-state index contributed by atoms with van der Waals surface area (Å²) in [7, 11) is 0. The first-order valence-corrected chi connectivity index (χ1v) is 6.25. The van der Waals surface area contributed by atoms with Crippen LogP contribution in [0, 0.1) is 10.1 Å². The van der Waals surface area contributed by atoms with Crippen molar-refractivity contribution in [2.75, 3.05) is 11.9 Å². The minimum absolute atomic E-state index is 0.0460. The van der Waals surface area contributed by atoms with E-state index in [-0.39, 0.29) is 18.0 Å². The number of hydrogen-bond donors (Lipinski definition) is 1. The third kappa shape index (κ3) is 3.44. The summed E-state index contributed by atoms with van der Waals surface area (Å²) >= 11 is 0. The molecule has 0 aliphatic carbocycles. The molecule has 1 heterocycles. The maximum Gasteiger partial charge on any atom is 0.310 e. The van der Waals surface area contributed by atoms with Crippen LogP contribution in [0.1, 0.15) is 12.6 Å². The van der Waals surface area contributed by atoms with Crippen molar-refractivity contribution >= 4 is 11.4 Å². The van der Waals surface area contributed by atoms with Crippen LogP contribution in [0.3, 0.4) is 0 Å². The van der Waals surface area contributed by atoms with Gasteiger partial charge in [-0.2, -0.15) is 0 Å². The highest BCUT2D eigenvalue weighted by Gasteiger charge is 2.13. The lowest BCUT2D eigenvalue weighted by Crippen LogP contribution is -2.02. The number of pyridine rings is 1. The number of anilines is 1. The summed E-state index contributed by atoms with van der Waals surface area (Å²) in [5.41, 5.74) is 1.61. The van der Waals surface area contributed by atoms with Gasteiger partial charge in [-0.05, 0) is 25.1 Å². The average Bonchev–Trinajstić information content (AvgIpc) is 2.46. The van der Waals surface area contributed by atoms with Gasteiger partial charge in [-0.1, -0.05) is 12.1 Å². The van der Waals surface area contributed by atoms with E-state index in [0.29, 0.717) is 5.69 Å². The molecule has 1 aromatic carbocycles. The van der Waals surface area contributed by atoms with Gasteiger partial charge in [0.2, 0.25) is 0 Å². The zero-order valence-corrected chi connectivity index (χ0v) is 11.1. The first kappa shape index (κ1) is 13.8. The van der Waals surface area contributed by atoms with Gasteiger partial charge in [0, 0.05) is 24.5 Å². The SMILES string of the molecule is CCNc1ccnc(COc2ccccc2[N+](=O)[O-])c1. The Balaban J connectivity index is 2.09. The second-order valence-electron chi connectivity index (χ2n) is 4.08. The van der Waals surface area contributed by atoms with E-state index in [1.165, 1.54) is 6.07 Å². The number of nitrogens with one attached hydrogen (secondary N) is 1. The molecule has 0 bridgehead atoms. The lowest BCUT2D eigenvalue weighted by atomic mass is 10.3. The number of para-hydroxylation sites is 2. The molecule has 0 fully saturated rings. The Kier molecular flexibility index (Phi) is 4.49. The molecular weight excluding hydrogens is 258 g/mol. The van der Waals surface area contributed by atoms with Gasteiger partial charge >= 0.3 is 5.69 Å². The predicted octanol–water partition coefficient (Wildman–Crippen LogP) is 3.00. The Bertz CT molecular complexity index is 602. The van der Waals surface area contributed by atoms with Crippen LogP contribution in [-0.2, 0) is 6.61 Å². The van der Waals surface area contributed by atoms with Crippen molar-refractivity contribution in [1.29, 1.82) is 0 Å². The Morgan fingerprint density at radius 1 is 1.35 bits per heavy atom. The number of nitrogens with zero attached hydrogens (tertiary/aromatic N) is 2. The maximum absolute atomic E-state index is 10.9. The highest BCUT2D eigenvalue weighted by atomic mass is 16.6. The maximum atomic E-state index is 10.9. The summed E-state index contributed by atoms with van der Waals surface area (Å²) in [6, 6.07) is 10.0. The van der Waals surface area contributed by atoms with E-state index in [1.807, 2.05) is 19.1 Å².